The number of thioether (sulfide) groups is 1. The number of fused-ring (bicyclic) bond motifs is 1. The summed E-state index contributed by atoms with van der Waals surface area (Å²) in [6.07, 6.45) is 1.73. The first-order valence-electron chi connectivity index (χ1n) is 9.67. The zero-order valence-electron chi connectivity index (χ0n) is 17.6. The van der Waals surface area contributed by atoms with Gasteiger partial charge in [-0.1, -0.05) is 41.6 Å². The molecule has 2 aromatic carbocycles. The number of nitrogens with zero attached hydrogens (tertiary/aromatic N) is 4. The highest BCUT2D eigenvalue weighted by Crippen LogP contribution is 2.30. The molecule has 3 N–H and O–H groups in total. The summed E-state index contributed by atoms with van der Waals surface area (Å²) in [7, 11) is -3.89. The van der Waals surface area contributed by atoms with Crippen LogP contribution in [0.15, 0.2) is 58.7 Å². The van der Waals surface area contributed by atoms with Crippen LogP contribution < -0.4 is 10.5 Å². The second-order valence-corrected chi connectivity index (χ2v) is 10.1. The molecular weight excluding hydrogens is 484 g/mol. The van der Waals surface area contributed by atoms with Crippen molar-refractivity contribution >= 4 is 55.9 Å². The Bertz CT molecular complexity index is 1490. The Morgan fingerprint density at radius 1 is 1.18 bits per heavy atom. The SMILES string of the molecule is Cc1ccc2cccnc2c1-n1c(C)nnc1SCC(=O)Nc1ccc(S(N)(=O)=O)cc1Cl. The van der Waals surface area contributed by atoms with Gasteiger partial charge in [0.2, 0.25) is 15.9 Å². The van der Waals surface area contributed by atoms with E-state index < -0.39 is 10.0 Å². The number of primary sulfonamides is 1. The van der Waals surface area contributed by atoms with Crippen molar-refractivity contribution in [1.29, 1.82) is 0 Å². The number of halogens is 1. The summed E-state index contributed by atoms with van der Waals surface area (Å²) in [5, 5.41) is 17.8. The molecule has 170 valence electrons. The second kappa shape index (κ2) is 9.10. The molecule has 33 heavy (non-hydrogen) atoms. The number of pyridine rings is 1. The molecule has 0 saturated heterocycles. The van der Waals surface area contributed by atoms with Gasteiger partial charge >= 0.3 is 0 Å². The van der Waals surface area contributed by atoms with Crippen LogP contribution in [0.25, 0.3) is 16.6 Å². The molecule has 0 aliphatic carbocycles. The fourth-order valence-electron chi connectivity index (χ4n) is 3.30. The average molecular weight is 503 g/mol. The number of anilines is 1. The van der Waals surface area contributed by atoms with Gasteiger partial charge in [0.15, 0.2) is 5.16 Å². The van der Waals surface area contributed by atoms with Crippen LogP contribution in [-0.4, -0.2) is 39.8 Å². The molecule has 0 fully saturated rings. The molecular formula is C21H19ClN6O3S2. The average Bonchev–Trinajstić information content (AvgIpc) is 3.13. The van der Waals surface area contributed by atoms with Crippen molar-refractivity contribution in [2.24, 2.45) is 5.14 Å². The van der Waals surface area contributed by atoms with Crippen LogP contribution in [0.2, 0.25) is 5.02 Å². The molecule has 12 heteroatoms. The predicted molar refractivity (Wildman–Crippen MR) is 128 cm³/mol. The number of aromatic nitrogens is 4. The Balaban J connectivity index is 1.56. The zero-order chi connectivity index (χ0) is 23.8. The Labute approximate surface area is 199 Å². The lowest BCUT2D eigenvalue weighted by Crippen LogP contribution is -2.16. The van der Waals surface area contributed by atoms with Crippen LogP contribution in [0.3, 0.4) is 0 Å². The second-order valence-electron chi connectivity index (χ2n) is 7.19. The fourth-order valence-corrected chi connectivity index (χ4v) is 4.91. The molecule has 2 heterocycles. The van der Waals surface area contributed by atoms with Crippen LogP contribution >= 0.6 is 23.4 Å². The maximum Gasteiger partial charge on any atom is 0.238 e. The monoisotopic (exact) mass is 502 g/mol. The minimum absolute atomic E-state index is 0.0304. The molecule has 0 spiro atoms. The first-order valence-corrected chi connectivity index (χ1v) is 12.6. The van der Waals surface area contributed by atoms with Crippen molar-refractivity contribution in [3.8, 4) is 5.69 Å². The number of carbonyl (C=O) groups excluding carboxylic acids is 1. The summed E-state index contributed by atoms with van der Waals surface area (Å²) < 4.78 is 24.8. The van der Waals surface area contributed by atoms with Crippen LogP contribution in [-0.2, 0) is 14.8 Å². The van der Waals surface area contributed by atoms with E-state index in [-0.39, 0.29) is 27.3 Å². The molecule has 0 radical (unpaired) electrons. The topological polar surface area (TPSA) is 133 Å². The maximum atomic E-state index is 12.6. The van der Waals surface area contributed by atoms with Gasteiger partial charge < -0.3 is 5.32 Å². The number of amides is 1. The van der Waals surface area contributed by atoms with Crippen LogP contribution in [0, 0.1) is 13.8 Å². The number of nitrogens with one attached hydrogen (secondary N) is 1. The maximum absolute atomic E-state index is 12.6. The van der Waals surface area contributed by atoms with Gasteiger partial charge in [0, 0.05) is 11.6 Å². The van der Waals surface area contributed by atoms with Crippen molar-refractivity contribution < 1.29 is 13.2 Å². The summed E-state index contributed by atoms with van der Waals surface area (Å²) in [6, 6.07) is 11.7. The summed E-state index contributed by atoms with van der Waals surface area (Å²) in [4.78, 5) is 16.9. The Kier molecular flexibility index (Phi) is 6.39. The lowest BCUT2D eigenvalue weighted by Gasteiger charge is -2.14. The van der Waals surface area contributed by atoms with Gasteiger partial charge in [0.25, 0.3) is 0 Å². The minimum atomic E-state index is -3.89. The highest BCUT2D eigenvalue weighted by atomic mass is 35.5. The van der Waals surface area contributed by atoms with E-state index in [9.17, 15) is 13.2 Å². The van der Waals surface area contributed by atoms with Gasteiger partial charge in [-0.2, -0.15) is 0 Å². The summed E-state index contributed by atoms with van der Waals surface area (Å²) in [5.74, 6) is 0.355. The Morgan fingerprint density at radius 3 is 2.70 bits per heavy atom. The quantitative estimate of drug-likeness (QED) is 0.385. The number of hydrogen-bond donors (Lipinski definition) is 2. The first-order chi connectivity index (χ1) is 15.6. The van der Waals surface area contributed by atoms with Gasteiger partial charge in [-0.05, 0) is 43.7 Å². The van der Waals surface area contributed by atoms with E-state index in [1.54, 1.807) is 6.20 Å². The van der Waals surface area contributed by atoms with Gasteiger partial charge in [0.1, 0.15) is 5.82 Å². The van der Waals surface area contributed by atoms with E-state index in [1.807, 2.05) is 42.7 Å². The fraction of sp³-hybridized carbons (Fsp3) is 0.143. The van der Waals surface area contributed by atoms with Crippen molar-refractivity contribution in [3.63, 3.8) is 0 Å². The first kappa shape index (κ1) is 23.2. The molecule has 0 aliphatic rings. The zero-order valence-corrected chi connectivity index (χ0v) is 20.0. The Hall–Kier alpha value is -2.99. The van der Waals surface area contributed by atoms with Crippen molar-refractivity contribution in [3.05, 3.63) is 65.1 Å². The van der Waals surface area contributed by atoms with Gasteiger partial charge in [-0.3, -0.25) is 14.3 Å². The molecule has 0 unspecified atom stereocenters. The smallest absolute Gasteiger partial charge is 0.238 e. The van der Waals surface area contributed by atoms with E-state index in [0.717, 1.165) is 22.2 Å². The number of aryl methyl sites for hydroxylation is 2. The predicted octanol–water partition coefficient (Wildman–Crippen LogP) is 3.46. The third kappa shape index (κ3) is 4.86. The molecule has 0 atom stereocenters. The van der Waals surface area contributed by atoms with E-state index >= 15 is 0 Å². The summed E-state index contributed by atoms with van der Waals surface area (Å²) in [6.45, 7) is 3.82. The summed E-state index contributed by atoms with van der Waals surface area (Å²) in [5.41, 5.74) is 2.95. The molecule has 9 nitrogen and oxygen atoms in total. The number of rotatable bonds is 6. The Morgan fingerprint density at radius 2 is 1.97 bits per heavy atom. The number of carbonyl (C=O) groups is 1. The molecule has 1 amide bonds. The molecule has 4 aromatic rings. The highest BCUT2D eigenvalue weighted by molar-refractivity contribution is 7.99. The van der Waals surface area contributed by atoms with Gasteiger partial charge in [-0.25, -0.2) is 13.6 Å². The molecule has 2 aromatic heterocycles. The van der Waals surface area contributed by atoms with E-state index in [4.69, 9.17) is 16.7 Å². The largest absolute Gasteiger partial charge is 0.324 e. The normalized spacial score (nSPS) is 11.6. The van der Waals surface area contributed by atoms with E-state index in [0.29, 0.717) is 11.0 Å². The van der Waals surface area contributed by atoms with Gasteiger partial charge in [0.05, 0.1) is 32.6 Å². The van der Waals surface area contributed by atoms with Crippen LogP contribution in [0.5, 0.6) is 0 Å². The molecule has 0 bridgehead atoms. The van der Waals surface area contributed by atoms with Crippen molar-refractivity contribution in [2.75, 3.05) is 11.1 Å². The highest BCUT2D eigenvalue weighted by Gasteiger charge is 2.18. The number of sulfonamides is 1. The van der Waals surface area contributed by atoms with Crippen molar-refractivity contribution in [2.45, 2.75) is 23.9 Å². The third-order valence-corrected chi connectivity index (χ3v) is 7.00. The van der Waals surface area contributed by atoms with Crippen molar-refractivity contribution in [1.82, 2.24) is 19.7 Å². The standard InChI is InChI=1S/C21H19ClN6O3S2/c1-12-5-6-14-4-3-9-24-19(14)20(12)28-13(2)26-27-21(28)32-11-18(29)25-17-8-7-15(10-16(17)22)33(23,30)31/h3-10H,11H2,1-2H3,(H,25,29)(H2,23,30,31). The molecule has 0 aliphatic heterocycles. The van der Waals surface area contributed by atoms with E-state index in [2.05, 4.69) is 20.5 Å². The molecule has 0 saturated carbocycles. The lowest BCUT2D eigenvalue weighted by molar-refractivity contribution is -0.113. The van der Waals surface area contributed by atoms with E-state index in [1.165, 1.54) is 30.0 Å². The molecule has 4 rings (SSSR count). The number of nitrogens with two attached hydrogens (primary N) is 1. The van der Waals surface area contributed by atoms with Crippen LogP contribution in [0.4, 0.5) is 5.69 Å². The minimum Gasteiger partial charge on any atom is -0.324 e. The third-order valence-electron chi connectivity index (χ3n) is 4.84. The number of benzene rings is 2. The van der Waals surface area contributed by atoms with Crippen LogP contribution in [0.1, 0.15) is 11.4 Å². The number of hydrogen-bond acceptors (Lipinski definition) is 7. The summed E-state index contributed by atoms with van der Waals surface area (Å²) >= 11 is 7.31. The lowest BCUT2D eigenvalue weighted by atomic mass is 10.1. The van der Waals surface area contributed by atoms with Gasteiger partial charge in [-0.15, -0.1) is 10.2 Å².